The number of benzene rings is 2. The number of alkyl halides is 2. The van der Waals surface area contributed by atoms with Gasteiger partial charge in [-0.3, -0.25) is 0 Å². The number of hydrogen-bond donors (Lipinski definition) is 1. The minimum absolute atomic E-state index is 0.0644. The van der Waals surface area contributed by atoms with Crippen LogP contribution in [-0.2, 0) is 16.9 Å². The first-order valence-electron chi connectivity index (χ1n) is 13.7. The molecule has 0 amide bonds. The number of nitrogens with zero attached hydrogens (tertiary/aromatic N) is 3. The zero-order valence-electron chi connectivity index (χ0n) is 22.0. The molecule has 2 unspecified atom stereocenters. The van der Waals surface area contributed by atoms with Gasteiger partial charge in [0.25, 0.3) is 6.43 Å². The topological polar surface area (TPSA) is 92.2 Å². The lowest BCUT2D eigenvalue weighted by molar-refractivity contribution is -0.215. The second-order valence-electron chi connectivity index (χ2n) is 11.5. The van der Waals surface area contributed by atoms with E-state index in [2.05, 4.69) is 10.1 Å². The molecule has 2 heterocycles. The molecule has 3 aliphatic carbocycles. The molecule has 0 saturated heterocycles. The van der Waals surface area contributed by atoms with E-state index in [1.807, 2.05) is 6.07 Å². The molecule has 218 valence electrons. The van der Waals surface area contributed by atoms with Crippen molar-refractivity contribution in [2.75, 3.05) is 0 Å². The summed E-state index contributed by atoms with van der Waals surface area (Å²) in [4.78, 5) is 4.41. The summed E-state index contributed by atoms with van der Waals surface area (Å²) in [5.41, 5.74) is -1.73. The Labute approximate surface area is 253 Å². The molecule has 42 heavy (non-hydrogen) atoms. The molecule has 0 radical (unpaired) electrons. The van der Waals surface area contributed by atoms with Crippen LogP contribution < -0.4 is 0 Å². The molecule has 12 heteroatoms. The minimum atomic E-state index is -2.83. The Morgan fingerprint density at radius 2 is 1.83 bits per heavy atom. The van der Waals surface area contributed by atoms with Crippen LogP contribution in [0.5, 0.6) is 0 Å². The van der Waals surface area contributed by atoms with Crippen LogP contribution in [0.15, 0.2) is 34.9 Å². The summed E-state index contributed by atoms with van der Waals surface area (Å²) in [6, 6.07) is 9.61. The molecule has 3 aliphatic rings. The molecule has 2 aromatic heterocycles. The van der Waals surface area contributed by atoms with Crippen molar-refractivity contribution in [3.63, 3.8) is 0 Å². The average molecular weight is 635 g/mol. The van der Waals surface area contributed by atoms with Crippen LogP contribution in [0.1, 0.15) is 66.3 Å². The lowest BCUT2D eigenvalue weighted by Gasteiger charge is -2.47. The van der Waals surface area contributed by atoms with E-state index in [0.29, 0.717) is 50.2 Å². The quantitative estimate of drug-likeness (QED) is 0.220. The van der Waals surface area contributed by atoms with E-state index >= 15 is 0 Å². The first-order chi connectivity index (χ1) is 20.1. The standard InChI is InChI=1S/C30H24Cl2F3N3O3S/c31-19-2-1-3-20(32)23(19)24-18(26(41-38-24)15-4-5-15)13-40-29(27(34)35)10-16-6-7-17(11-29)30(16,39)28-37-25-21(33)8-14(12-36)9-22(25)42-28/h1-3,8-9,15-17,27,39H,4-7,10-11,13H2. The van der Waals surface area contributed by atoms with Gasteiger partial charge in [0, 0.05) is 17.0 Å². The van der Waals surface area contributed by atoms with Crippen molar-refractivity contribution in [2.24, 2.45) is 11.8 Å². The van der Waals surface area contributed by atoms with Gasteiger partial charge in [-0.25, -0.2) is 18.2 Å². The van der Waals surface area contributed by atoms with Crippen LogP contribution in [0, 0.1) is 29.0 Å². The van der Waals surface area contributed by atoms with Crippen LogP contribution in [-0.4, -0.2) is 27.3 Å². The third-order valence-corrected chi connectivity index (χ3v) is 10.9. The monoisotopic (exact) mass is 633 g/mol. The van der Waals surface area contributed by atoms with E-state index < -0.39 is 35.3 Å². The fourth-order valence-corrected chi connectivity index (χ4v) is 8.65. The number of nitriles is 1. The fraction of sp³-hybridized carbons (Fsp3) is 0.433. The number of halogens is 5. The number of hydrogen-bond acceptors (Lipinski definition) is 7. The van der Waals surface area contributed by atoms with Gasteiger partial charge in [0.05, 0.1) is 33.0 Å². The Morgan fingerprint density at radius 1 is 1.14 bits per heavy atom. The first kappa shape index (κ1) is 28.1. The van der Waals surface area contributed by atoms with Crippen molar-refractivity contribution in [1.82, 2.24) is 10.1 Å². The first-order valence-corrected chi connectivity index (χ1v) is 15.3. The van der Waals surface area contributed by atoms with Gasteiger partial charge in [0.15, 0.2) is 5.82 Å². The second-order valence-corrected chi connectivity index (χ2v) is 13.4. The second kappa shape index (κ2) is 10.2. The van der Waals surface area contributed by atoms with E-state index in [-0.39, 0.29) is 41.5 Å². The molecule has 3 fully saturated rings. The molecule has 4 aromatic rings. The number of fused-ring (bicyclic) bond motifs is 3. The highest BCUT2D eigenvalue weighted by molar-refractivity contribution is 7.18. The van der Waals surface area contributed by atoms with Gasteiger partial charge in [0.1, 0.15) is 33.2 Å². The van der Waals surface area contributed by atoms with Crippen LogP contribution in [0.3, 0.4) is 0 Å². The number of thiazole rings is 1. The van der Waals surface area contributed by atoms with E-state index in [1.165, 1.54) is 6.07 Å². The molecule has 7 rings (SSSR count). The Bertz CT molecular complexity index is 1710. The van der Waals surface area contributed by atoms with Gasteiger partial charge >= 0.3 is 0 Å². The highest BCUT2D eigenvalue weighted by Gasteiger charge is 2.63. The van der Waals surface area contributed by atoms with Crippen LogP contribution >= 0.6 is 34.5 Å². The summed E-state index contributed by atoms with van der Waals surface area (Å²) in [5.74, 6) is -1.09. The maximum atomic E-state index is 15.0. The third kappa shape index (κ3) is 4.36. The smallest absolute Gasteiger partial charge is 0.267 e. The summed E-state index contributed by atoms with van der Waals surface area (Å²) >= 11 is 14.0. The van der Waals surface area contributed by atoms with Crippen LogP contribution in [0.25, 0.3) is 21.5 Å². The summed E-state index contributed by atoms with van der Waals surface area (Å²) in [5, 5.41) is 26.5. The lowest BCUT2D eigenvalue weighted by Crippen LogP contribution is -2.54. The Balaban J connectivity index is 1.21. The zero-order valence-corrected chi connectivity index (χ0v) is 24.4. The van der Waals surface area contributed by atoms with Gasteiger partial charge in [-0.15, -0.1) is 11.3 Å². The molecule has 2 aromatic carbocycles. The SMILES string of the molecule is N#Cc1cc(F)c2nc(C3(O)C4CCC3CC(OCc3c(-c5c(Cl)cccc5Cl)noc3C3CC3)(C(F)F)C4)sc2c1. The number of aliphatic hydroxyl groups is 1. The molecule has 1 N–H and O–H groups in total. The van der Waals surface area contributed by atoms with E-state index in [0.717, 1.165) is 30.2 Å². The summed E-state index contributed by atoms with van der Waals surface area (Å²) in [7, 11) is 0. The molecular weight excluding hydrogens is 610 g/mol. The zero-order chi connectivity index (χ0) is 29.4. The number of rotatable bonds is 7. The van der Waals surface area contributed by atoms with Crippen LogP contribution in [0.2, 0.25) is 10.0 Å². The minimum Gasteiger partial charge on any atom is -0.382 e. The van der Waals surface area contributed by atoms with E-state index in [4.69, 9.17) is 32.5 Å². The highest BCUT2D eigenvalue weighted by Crippen LogP contribution is 2.61. The number of ether oxygens (including phenoxy) is 1. The fourth-order valence-electron chi connectivity index (χ4n) is 6.81. The number of aromatic nitrogens is 2. The Kier molecular flexibility index (Phi) is 6.83. The van der Waals surface area contributed by atoms with Crippen molar-refractivity contribution >= 4 is 44.8 Å². The third-order valence-electron chi connectivity index (χ3n) is 9.08. The summed E-state index contributed by atoms with van der Waals surface area (Å²) in [6.07, 6.45) is -0.240. The maximum absolute atomic E-state index is 15.0. The largest absolute Gasteiger partial charge is 0.382 e. The van der Waals surface area contributed by atoms with Gasteiger partial charge in [0.2, 0.25) is 0 Å². The molecular formula is C30H24Cl2F3N3O3S. The van der Waals surface area contributed by atoms with Gasteiger partial charge in [-0.05, 0) is 74.6 Å². The Morgan fingerprint density at radius 3 is 2.45 bits per heavy atom. The molecule has 0 spiro atoms. The molecule has 0 aliphatic heterocycles. The van der Waals surface area contributed by atoms with Crippen molar-refractivity contribution in [2.45, 2.75) is 68.7 Å². The van der Waals surface area contributed by atoms with Crippen molar-refractivity contribution in [3.8, 4) is 17.3 Å². The molecule has 3 saturated carbocycles. The normalized spacial score (nSPS) is 27.2. The van der Waals surface area contributed by atoms with Crippen LogP contribution in [0.4, 0.5) is 13.2 Å². The highest BCUT2D eigenvalue weighted by atomic mass is 35.5. The van der Waals surface area contributed by atoms with Gasteiger partial charge in [-0.2, -0.15) is 5.26 Å². The Hall–Kier alpha value is -2.68. The average Bonchev–Trinajstić information content (AvgIpc) is 3.53. The van der Waals surface area contributed by atoms with E-state index in [1.54, 1.807) is 18.2 Å². The van der Waals surface area contributed by atoms with Crippen molar-refractivity contribution < 1.29 is 27.5 Å². The van der Waals surface area contributed by atoms with E-state index in [9.17, 15) is 23.5 Å². The predicted molar refractivity (Wildman–Crippen MR) is 151 cm³/mol. The van der Waals surface area contributed by atoms with Gasteiger partial charge < -0.3 is 14.4 Å². The van der Waals surface area contributed by atoms with Crippen molar-refractivity contribution in [3.05, 3.63) is 68.1 Å². The summed E-state index contributed by atoms with van der Waals surface area (Å²) < 4.78 is 56.9. The molecule has 2 atom stereocenters. The maximum Gasteiger partial charge on any atom is 0.267 e. The summed E-state index contributed by atoms with van der Waals surface area (Å²) in [6.45, 7) is -0.183. The van der Waals surface area contributed by atoms with Gasteiger partial charge in [-0.1, -0.05) is 34.4 Å². The predicted octanol–water partition coefficient (Wildman–Crippen LogP) is 8.37. The molecule has 2 bridgehead atoms. The molecule has 6 nitrogen and oxygen atoms in total. The van der Waals surface area contributed by atoms with Crippen molar-refractivity contribution in [1.29, 1.82) is 5.26 Å². The lowest BCUT2D eigenvalue weighted by atomic mass is 9.68.